The first kappa shape index (κ1) is 9.34. The van der Waals surface area contributed by atoms with Gasteiger partial charge in [0.15, 0.2) is 0 Å². The normalized spacial score (nSPS) is 22.7. The number of nitrogens with one attached hydrogen (secondary N) is 1. The molecular weight excluding hydrogens is 189 g/mol. The van der Waals surface area contributed by atoms with Crippen LogP contribution in [0.5, 0.6) is 0 Å². The highest BCUT2D eigenvalue weighted by atomic mass is 19.1. The van der Waals surface area contributed by atoms with E-state index >= 15 is 0 Å². The van der Waals surface area contributed by atoms with Gasteiger partial charge in [0, 0.05) is 18.0 Å². The van der Waals surface area contributed by atoms with Gasteiger partial charge in [0.2, 0.25) is 0 Å². The first-order valence-electron chi connectivity index (χ1n) is 5.78. The van der Waals surface area contributed by atoms with Crippen molar-refractivity contribution in [2.24, 2.45) is 0 Å². The van der Waals surface area contributed by atoms with Crippen LogP contribution in [0.3, 0.4) is 0 Å². The molecule has 0 unspecified atom stereocenters. The molecule has 0 bridgehead atoms. The Labute approximate surface area is 89.7 Å². The van der Waals surface area contributed by atoms with Crippen LogP contribution >= 0.6 is 0 Å². The Kier molecular flexibility index (Phi) is 2.06. The molecule has 2 aliphatic rings. The second-order valence-corrected chi connectivity index (χ2v) is 4.94. The van der Waals surface area contributed by atoms with E-state index in [0.717, 1.165) is 12.6 Å². The molecule has 2 aliphatic carbocycles. The highest BCUT2D eigenvalue weighted by molar-refractivity contribution is 5.32. The zero-order chi connectivity index (χ0) is 10.3. The van der Waals surface area contributed by atoms with Gasteiger partial charge in [-0.1, -0.05) is 12.1 Å². The van der Waals surface area contributed by atoms with E-state index < -0.39 is 0 Å². The molecular formula is C13H16FN. The maximum atomic E-state index is 12.8. The summed E-state index contributed by atoms with van der Waals surface area (Å²) in [7, 11) is 0. The lowest BCUT2D eigenvalue weighted by Crippen LogP contribution is -2.28. The Bertz CT molecular complexity index is 349. The summed E-state index contributed by atoms with van der Waals surface area (Å²) < 4.78 is 12.8. The summed E-state index contributed by atoms with van der Waals surface area (Å²) in [5.41, 5.74) is 1.63. The zero-order valence-corrected chi connectivity index (χ0v) is 8.80. The minimum absolute atomic E-state index is 0.135. The molecule has 2 heteroatoms. The van der Waals surface area contributed by atoms with Crippen LogP contribution in [0.25, 0.3) is 0 Å². The molecule has 0 heterocycles. The van der Waals surface area contributed by atoms with Gasteiger partial charge in [-0.2, -0.15) is 0 Å². The SMILES string of the molecule is Fc1ccc(C2(CNC3CC3)CC2)cc1. The van der Waals surface area contributed by atoms with E-state index in [1.807, 2.05) is 12.1 Å². The van der Waals surface area contributed by atoms with E-state index in [2.05, 4.69) is 5.32 Å². The van der Waals surface area contributed by atoms with Gasteiger partial charge in [0.05, 0.1) is 0 Å². The summed E-state index contributed by atoms with van der Waals surface area (Å²) in [5, 5.41) is 3.58. The maximum absolute atomic E-state index is 12.8. The Hall–Kier alpha value is -0.890. The molecule has 0 aliphatic heterocycles. The molecule has 1 nitrogen and oxygen atoms in total. The van der Waals surface area contributed by atoms with Crippen molar-refractivity contribution in [3.8, 4) is 0 Å². The summed E-state index contributed by atoms with van der Waals surface area (Å²) in [6, 6.07) is 7.80. The first-order valence-corrected chi connectivity index (χ1v) is 5.78. The molecule has 15 heavy (non-hydrogen) atoms. The van der Waals surface area contributed by atoms with Crippen LogP contribution in [-0.4, -0.2) is 12.6 Å². The van der Waals surface area contributed by atoms with E-state index in [9.17, 15) is 4.39 Å². The lowest BCUT2D eigenvalue weighted by Gasteiger charge is -2.16. The second-order valence-electron chi connectivity index (χ2n) is 4.94. The molecule has 3 rings (SSSR count). The summed E-state index contributed by atoms with van der Waals surface area (Å²) in [6.07, 6.45) is 5.16. The van der Waals surface area contributed by atoms with Gasteiger partial charge in [-0.25, -0.2) is 4.39 Å². The van der Waals surface area contributed by atoms with Crippen molar-refractivity contribution in [3.05, 3.63) is 35.6 Å². The van der Waals surface area contributed by atoms with Crippen molar-refractivity contribution in [2.75, 3.05) is 6.54 Å². The largest absolute Gasteiger partial charge is 0.313 e. The standard InChI is InChI=1S/C13H16FN/c14-11-3-1-10(2-4-11)13(7-8-13)9-15-12-5-6-12/h1-4,12,15H,5-9H2. The topological polar surface area (TPSA) is 12.0 Å². The van der Waals surface area contributed by atoms with Crippen molar-refractivity contribution in [2.45, 2.75) is 37.1 Å². The molecule has 1 aromatic carbocycles. The third-order valence-corrected chi connectivity index (χ3v) is 3.62. The molecule has 1 N–H and O–H groups in total. The van der Waals surface area contributed by atoms with Gasteiger partial charge in [-0.15, -0.1) is 0 Å². The molecule has 2 fully saturated rings. The second kappa shape index (κ2) is 3.31. The monoisotopic (exact) mass is 205 g/mol. The quantitative estimate of drug-likeness (QED) is 0.796. The van der Waals surface area contributed by atoms with E-state index in [1.165, 1.54) is 31.2 Å². The fourth-order valence-corrected chi connectivity index (χ4v) is 2.15. The molecule has 0 aromatic heterocycles. The van der Waals surface area contributed by atoms with Gasteiger partial charge in [-0.05, 0) is 43.4 Å². The predicted octanol–water partition coefficient (Wildman–Crippen LogP) is 2.61. The van der Waals surface area contributed by atoms with Gasteiger partial charge >= 0.3 is 0 Å². The molecule has 0 saturated heterocycles. The molecule has 0 spiro atoms. The zero-order valence-electron chi connectivity index (χ0n) is 8.80. The molecule has 2 saturated carbocycles. The molecule has 0 radical (unpaired) electrons. The number of rotatable bonds is 4. The smallest absolute Gasteiger partial charge is 0.123 e. The highest BCUT2D eigenvalue weighted by Crippen LogP contribution is 2.48. The number of benzene rings is 1. The van der Waals surface area contributed by atoms with Crippen LogP contribution in [0, 0.1) is 5.82 Å². The van der Waals surface area contributed by atoms with Crippen molar-refractivity contribution in [3.63, 3.8) is 0 Å². The Morgan fingerprint density at radius 3 is 2.40 bits per heavy atom. The highest BCUT2D eigenvalue weighted by Gasteiger charge is 2.44. The Morgan fingerprint density at radius 1 is 1.20 bits per heavy atom. The van der Waals surface area contributed by atoms with E-state index in [4.69, 9.17) is 0 Å². The van der Waals surface area contributed by atoms with E-state index in [-0.39, 0.29) is 5.82 Å². The minimum atomic E-state index is -0.135. The average Bonchev–Trinajstić information content (AvgIpc) is 3.12. The summed E-state index contributed by atoms with van der Waals surface area (Å²) >= 11 is 0. The van der Waals surface area contributed by atoms with Crippen LogP contribution in [0.15, 0.2) is 24.3 Å². The fraction of sp³-hybridized carbons (Fsp3) is 0.538. The van der Waals surface area contributed by atoms with Crippen LogP contribution in [0.2, 0.25) is 0 Å². The molecule has 0 amide bonds. The van der Waals surface area contributed by atoms with Crippen LogP contribution < -0.4 is 5.32 Å². The third-order valence-electron chi connectivity index (χ3n) is 3.62. The summed E-state index contributed by atoms with van der Waals surface area (Å²) in [5.74, 6) is -0.135. The minimum Gasteiger partial charge on any atom is -0.313 e. The fourth-order valence-electron chi connectivity index (χ4n) is 2.15. The van der Waals surface area contributed by atoms with E-state index in [0.29, 0.717) is 5.41 Å². The molecule has 80 valence electrons. The number of hydrogen-bond acceptors (Lipinski definition) is 1. The Balaban J connectivity index is 1.71. The lowest BCUT2D eigenvalue weighted by molar-refractivity contribution is 0.569. The van der Waals surface area contributed by atoms with Gasteiger partial charge in [-0.3, -0.25) is 0 Å². The van der Waals surface area contributed by atoms with Crippen LogP contribution in [0.1, 0.15) is 31.2 Å². The first-order chi connectivity index (χ1) is 7.28. The maximum Gasteiger partial charge on any atom is 0.123 e. The van der Waals surface area contributed by atoms with Crippen molar-refractivity contribution in [1.29, 1.82) is 0 Å². The third kappa shape index (κ3) is 1.91. The molecule has 0 atom stereocenters. The van der Waals surface area contributed by atoms with Crippen LogP contribution in [0.4, 0.5) is 4.39 Å². The van der Waals surface area contributed by atoms with Gasteiger partial charge in [0.25, 0.3) is 0 Å². The van der Waals surface area contributed by atoms with Crippen molar-refractivity contribution >= 4 is 0 Å². The van der Waals surface area contributed by atoms with E-state index in [1.54, 1.807) is 12.1 Å². The average molecular weight is 205 g/mol. The summed E-state index contributed by atoms with van der Waals surface area (Å²) in [6.45, 7) is 1.07. The van der Waals surface area contributed by atoms with Crippen molar-refractivity contribution in [1.82, 2.24) is 5.32 Å². The van der Waals surface area contributed by atoms with Gasteiger partial charge in [0.1, 0.15) is 5.82 Å². The van der Waals surface area contributed by atoms with Crippen LogP contribution in [-0.2, 0) is 5.41 Å². The number of halogens is 1. The Morgan fingerprint density at radius 2 is 1.87 bits per heavy atom. The lowest BCUT2D eigenvalue weighted by atomic mass is 9.96. The predicted molar refractivity (Wildman–Crippen MR) is 58.3 cm³/mol. The van der Waals surface area contributed by atoms with Gasteiger partial charge < -0.3 is 5.32 Å². The number of hydrogen-bond donors (Lipinski definition) is 1. The van der Waals surface area contributed by atoms with Crippen molar-refractivity contribution < 1.29 is 4.39 Å². The summed E-state index contributed by atoms with van der Waals surface area (Å²) in [4.78, 5) is 0. The molecule has 1 aromatic rings.